The molecule has 6 aromatic carbocycles. The van der Waals surface area contributed by atoms with Crippen LogP contribution in [0.1, 0.15) is 5.56 Å². The summed E-state index contributed by atoms with van der Waals surface area (Å²) in [6, 6.07) is 54.4. The molecule has 9 rings (SSSR count). The van der Waals surface area contributed by atoms with Gasteiger partial charge < -0.3 is 4.57 Å². The first kappa shape index (κ1) is 26.4. The van der Waals surface area contributed by atoms with Gasteiger partial charge in [0, 0.05) is 39.0 Å². The number of aryl methyl sites for hydroxylation is 1. The zero-order valence-electron chi connectivity index (χ0n) is 25.4. The van der Waals surface area contributed by atoms with Gasteiger partial charge in [0.25, 0.3) is 0 Å². The first-order valence-electron chi connectivity index (χ1n) is 15.7. The maximum Gasteiger partial charge on any atom is 0.0972 e. The number of hydrogen-bond donors (Lipinski definition) is 0. The van der Waals surface area contributed by atoms with Crippen molar-refractivity contribution in [3.63, 3.8) is 0 Å². The summed E-state index contributed by atoms with van der Waals surface area (Å²) in [5.74, 6) is 0. The maximum atomic E-state index is 5.11. The fourth-order valence-electron chi connectivity index (χ4n) is 6.73. The Morgan fingerprint density at radius 1 is 0.457 bits per heavy atom. The smallest absolute Gasteiger partial charge is 0.0972 e. The van der Waals surface area contributed by atoms with E-state index < -0.39 is 0 Å². The number of benzene rings is 6. The molecule has 3 heterocycles. The van der Waals surface area contributed by atoms with Crippen LogP contribution in [-0.4, -0.2) is 14.5 Å². The molecule has 0 unspecified atom stereocenters. The van der Waals surface area contributed by atoms with Crippen molar-refractivity contribution in [2.24, 2.45) is 0 Å². The molecule has 0 bridgehead atoms. The molecular formula is C43H29N3. The third kappa shape index (κ3) is 4.36. The van der Waals surface area contributed by atoms with Crippen LogP contribution in [0.2, 0.25) is 0 Å². The summed E-state index contributed by atoms with van der Waals surface area (Å²) in [6.07, 6.45) is 1.84. The van der Waals surface area contributed by atoms with E-state index in [-0.39, 0.29) is 0 Å². The third-order valence-electron chi connectivity index (χ3n) is 9.09. The highest BCUT2D eigenvalue weighted by Crippen LogP contribution is 2.38. The summed E-state index contributed by atoms with van der Waals surface area (Å²) in [7, 11) is 0. The van der Waals surface area contributed by atoms with Gasteiger partial charge in [0.05, 0.1) is 27.8 Å². The largest absolute Gasteiger partial charge is 0.309 e. The lowest BCUT2D eigenvalue weighted by Crippen LogP contribution is -1.93. The summed E-state index contributed by atoms with van der Waals surface area (Å²) in [6.45, 7) is 2.13. The van der Waals surface area contributed by atoms with Crippen molar-refractivity contribution in [2.45, 2.75) is 6.92 Å². The van der Waals surface area contributed by atoms with Gasteiger partial charge in [-0.1, -0.05) is 103 Å². The van der Waals surface area contributed by atoms with Crippen molar-refractivity contribution in [1.29, 1.82) is 0 Å². The lowest BCUT2D eigenvalue weighted by Gasteiger charge is -2.09. The average molecular weight is 588 g/mol. The number of para-hydroxylation sites is 1. The SMILES string of the molecule is Cc1ccc(-c2ccc3c(c2)c2cc(-c4cccc(-c5ccc6ccc7cccnc7c6n5)c4)ccc2n3-c2ccccc2)cc1. The summed E-state index contributed by atoms with van der Waals surface area (Å²) in [4.78, 5) is 9.77. The number of aromatic nitrogens is 3. The highest BCUT2D eigenvalue weighted by atomic mass is 15.0. The Kier molecular flexibility index (Phi) is 6.04. The first-order valence-corrected chi connectivity index (χ1v) is 15.7. The summed E-state index contributed by atoms with van der Waals surface area (Å²) in [5.41, 5.74) is 13.5. The second-order valence-corrected chi connectivity index (χ2v) is 12.0. The van der Waals surface area contributed by atoms with E-state index in [1.54, 1.807) is 0 Å². The van der Waals surface area contributed by atoms with Crippen molar-refractivity contribution in [3.05, 3.63) is 163 Å². The molecule has 3 nitrogen and oxygen atoms in total. The molecule has 0 N–H and O–H groups in total. The van der Waals surface area contributed by atoms with Crippen LogP contribution < -0.4 is 0 Å². The van der Waals surface area contributed by atoms with E-state index in [2.05, 4.69) is 162 Å². The molecule has 0 saturated carbocycles. The molecule has 0 aliphatic heterocycles. The highest BCUT2D eigenvalue weighted by Gasteiger charge is 2.15. The standard InChI is InChI=1S/C43H29N3/c1-28-12-14-29(15-13-28)33-19-22-40-37(26-33)38-27-34(20-23-41(38)46(40)36-10-3-2-4-11-36)32-7-5-8-35(25-32)39-21-18-31-17-16-30-9-6-24-44-42(30)43(31)45-39/h2-27H,1H3. The average Bonchev–Trinajstić information content (AvgIpc) is 3.45. The molecule has 46 heavy (non-hydrogen) atoms. The van der Waals surface area contributed by atoms with Crippen LogP contribution in [0.5, 0.6) is 0 Å². The van der Waals surface area contributed by atoms with Gasteiger partial charge in [0.2, 0.25) is 0 Å². The zero-order chi connectivity index (χ0) is 30.6. The van der Waals surface area contributed by atoms with Gasteiger partial charge in [-0.05, 0) is 83.8 Å². The molecule has 0 atom stereocenters. The van der Waals surface area contributed by atoms with Crippen molar-refractivity contribution < 1.29 is 0 Å². The fourth-order valence-corrected chi connectivity index (χ4v) is 6.73. The molecule has 0 fully saturated rings. The van der Waals surface area contributed by atoms with Crippen molar-refractivity contribution in [1.82, 2.24) is 14.5 Å². The Morgan fingerprint density at radius 3 is 1.85 bits per heavy atom. The monoisotopic (exact) mass is 587 g/mol. The van der Waals surface area contributed by atoms with Crippen molar-refractivity contribution in [2.75, 3.05) is 0 Å². The first-order chi connectivity index (χ1) is 22.7. The van der Waals surface area contributed by atoms with E-state index in [9.17, 15) is 0 Å². The number of nitrogens with zero attached hydrogens (tertiary/aromatic N) is 3. The van der Waals surface area contributed by atoms with Gasteiger partial charge in [-0.15, -0.1) is 0 Å². The van der Waals surface area contributed by atoms with E-state index in [1.165, 1.54) is 44.1 Å². The second-order valence-electron chi connectivity index (χ2n) is 12.0. The molecule has 0 spiro atoms. The topological polar surface area (TPSA) is 30.7 Å². The van der Waals surface area contributed by atoms with E-state index in [0.29, 0.717) is 0 Å². The van der Waals surface area contributed by atoms with Gasteiger partial charge >= 0.3 is 0 Å². The second kappa shape index (κ2) is 10.5. The quantitative estimate of drug-likeness (QED) is 0.192. The van der Waals surface area contributed by atoms with Crippen LogP contribution in [0.3, 0.4) is 0 Å². The molecule has 0 radical (unpaired) electrons. The summed E-state index contributed by atoms with van der Waals surface area (Å²) in [5, 5.41) is 4.67. The zero-order valence-corrected chi connectivity index (χ0v) is 25.4. The van der Waals surface area contributed by atoms with Gasteiger partial charge in [0.1, 0.15) is 0 Å². The predicted molar refractivity (Wildman–Crippen MR) is 192 cm³/mol. The maximum absolute atomic E-state index is 5.11. The Labute approximate surface area is 267 Å². The van der Waals surface area contributed by atoms with Crippen LogP contribution in [0.15, 0.2) is 158 Å². The van der Waals surface area contributed by atoms with Crippen LogP contribution in [0.25, 0.3) is 82.8 Å². The van der Waals surface area contributed by atoms with Crippen LogP contribution in [0, 0.1) is 6.92 Å². The molecule has 216 valence electrons. The van der Waals surface area contributed by atoms with E-state index in [1.807, 2.05) is 12.3 Å². The highest BCUT2D eigenvalue weighted by molar-refractivity contribution is 6.11. The molecule has 9 aromatic rings. The van der Waals surface area contributed by atoms with Gasteiger partial charge in [-0.25, -0.2) is 4.98 Å². The fraction of sp³-hybridized carbons (Fsp3) is 0.0233. The lowest BCUT2D eigenvalue weighted by atomic mass is 9.98. The molecule has 0 aliphatic rings. The van der Waals surface area contributed by atoms with E-state index in [0.717, 1.165) is 44.3 Å². The summed E-state index contributed by atoms with van der Waals surface area (Å²) >= 11 is 0. The molecule has 3 aromatic heterocycles. The molecular weight excluding hydrogens is 558 g/mol. The minimum atomic E-state index is 0.931. The van der Waals surface area contributed by atoms with E-state index in [4.69, 9.17) is 4.98 Å². The van der Waals surface area contributed by atoms with Crippen molar-refractivity contribution >= 4 is 43.6 Å². The Balaban J connectivity index is 1.21. The molecule has 0 amide bonds. The normalized spacial score (nSPS) is 11.6. The molecule has 3 heteroatoms. The molecule has 0 saturated heterocycles. The predicted octanol–water partition coefficient (Wildman–Crippen LogP) is 11.2. The van der Waals surface area contributed by atoms with Crippen LogP contribution >= 0.6 is 0 Å². The third-order valence-corrected chi connectivity index (χ3v) is 9.09. The Bertz CT molecular complexity index is 2580. The van der Waals surface area contributed by atoms with Gasteiger partial charge in [0.15, 0.2) is 0 Å². The Morgan fingerprint density at radius 2 is 1.09 bits per heavy atom. The molecule has 0 aliphatic carbocycles. The number of fused-ring (bicyclic) bond motifs is 6. The van der Waals surface area contributed by atoms with Crippen LogP contribution in [-0.2, 0) is 0 Å². The van der Waals surface area contributed by atoms with Crippen molar-refractivity contribution in [3.8, 4) is 39.2 Å². The number of rotatable bonds is 4. The van der Waals surface area contributed by atoms with Gasteiger partial charge in [-0.2, -0.15) is 0 Å². The number of hydrogen-bond acceptors (Lipinski definition) is 2. The Hall–Kier alpha value is -6.06. The number of pyridine rings is 2. The van der Waals surface area contributed by atoms with Crippen LogP contribution in [0.4, 0.5) is 0 Å². The van der Waals surface area contributed by atoms with Gasteiger partial charge in [-0.3, -0.25) is 4.98 Å². The minimum absolute atomic E-state index is 0.931. The lowest BCUT2D eigenvalue weighted by molar-refractivity contribution is 1.18. The van der Waals surface area contributed by atoms with E-state index >= 15 is 0 Å². The summed E-state index contributed by atoms with van der Waals surface area (Å²) < 4.78 is 2.38. The minimum Gasteiger partial charge on any atom is -0.309 e.